The Labute approximate surface area is 207 Å². The Balaban J connectivity index is 1.03. The standard InChI is InChI=1S/C26H26N8O2/c35-23(33-13-17-5-1-2-6-18(17)14-33)12-28-26(36)27-10-9-19-15-34(22-8-4-3-7-20(19)22)25-21-11-31-32-24(21)29-16-30-25/h1-8,11,16,19H,9-10,12-15H2,(H2,27,28,36)(H,29,30,31,32). The lowest BCUT2D eigenvalue weighted by Gasteiger charge is -2.19. The maximum atomic E-state index is 12.5. The van der Waals surface area contributed by atoms with Gasteiger partial charge in [-0.2, -0.15) is 5.10 Å². The van der Waals surface area contributed by atoms with Crippen molar-refractivity contribution in [3.05, 3.63) is 77.7 Å². The molecule has 10 heteroatoms. The molecular weight excluding hydrogens is 456 g/mol. The third-order valence-electron chi connectivity index (χ3n) is 6.93. The monoisotopic (exact) mass is 482 g/mol. The van der Waals surface area contributed by atoms with Crippen LogP contribution in [0.3, 0.4) is 0 Å². The number of rotatable bonds is 6. The van der Waals surface area contributed by atoms with E-state index in [-0.39, 0.29) is 24.4 Å². The van der Waals surface area contributed by atoms with Crippen LogP contribution in [0.4, 0.5) is 16.3 Å². The number of nitrogens with zero attached hydrogens (tertiary/aromatic N) is 5. The van der Waals surface area contributed by atoms with Gasteiger partial charge in [-0.15, -0.1) is 0 Å². The fourth-order valence-corrected chi connectivity index (χ4v) is 5.11. The first-order valence-corrected chi connectivity index (χ1v) is 12.0. The molecule has 0 saturated carbocycles. The zero-order chi connectivity index (χ0) is 24.5. The molecule has 3 N–H and O–H groups in total. The quantitative estimate of drug-likeness (QED) is 0.389. The number of fused-ring (bicyclic) bond motifs is 3. The summed E-state index contributed by atoms with van der Waals surface area (Å²) in [5, 5.41) is 13.5. The number of nitrogens with one attached hydrogen (secondary N) is 3. The SMILES string of the molecule is O=C(NCCC1CN(c2ncnc3[nH]ncc23)c2ccccc21)NCC(=O)N1Cc2ccccc2C1. The minimum absolute atomic E-state index is 0.0196. The summed E-state index contributed by atoms with van der Waals surface area (Å²) in [7, 11) is 0. The molecule has 1 unspecified atom stereocenters. The molecule has 36 heavy (non-hydrogen) atoms. The van der Waals surface area contributed by atoms with Crippen molar-refractivity contribution in [1.82, 2.24) is 35.7 Å². The van der Waals surface area contributed by atoms with E-state index in [0.717, 1.165) is 41.0 Å². The normalized spacial score (nSPS) is 16.2. The number of amides is 3. The largest absolute Gasteiger partial charge is 0.338 e. The van der Waals surface area contributed by atoms with Gasteiger partial charge in [-0.05, 0) is 29.2 Å². The van der Waals surface area contributed by atoms with E-state index in [1.165, 1.54) is 5.56 Å². The van der Waals surface area contributed by atoms with Crippen molar-refractivity contribution in [3.63, 3.8) is 0 Å². The highest BCUT2D eigenvalue weighted by molar-refractivity contribution is 5.90. The van der Waals surface area contributed by atoms with Crippen LogP contribution >= 0.6 is 0 Å². The number of carbonyl (C=O) groups is 2. The van der Waals surface area contributed by atoms with Crippen LogP contribution in [-0.4, -0.2) is 56.6 Å². The number of aromatic amines is 1. The molecule has 2 aromatic heterocycles. The van der Waals surface area contributed by atoms with E-state index in [2.05, 4.69) is 47.8 Å². The number of hydrogen-bond donors (Lipinski definition) is 3. The fraction of sp³-hybridized carbons (Fsp3) is 0.269. The number of H-pyrrole nitrogens is 1. The Morgan fingerprint density at radius 2 is 1.78 bits per heavy atom. The second kappa shape index (κ2) is 9.29. The van der Waals surface area contributed by atoms with Gasteiger partial charge in [0.1, 0.15) is 12.1 Å². The Morgan fingerprint density at radius 1 is 1.00 bits per heavy atom. The lowest BCUT2D eigenvalue weighted by molar-refractivity contribution is -0.130. The molecule has 2 aliphatic heterocycles. The molecule has 0 fully saturated rings. The Morgan fingerprint density at radius 3 is 2.61 bits per heavy atom. The molecule has 0 radical (unpaired) electrons. The Bertz CT molecular complexity index is 1410. The van der Waals surface area contributed by atoms with Crippen LogP contribution in [0.25, 0.3) is 11.0 Å². The number of urea groups is 1. The van der Waals surface area contributed by atoms with Gasteiger partial charge in [-0.25, -0.2) is 14.8 Å². The second-order valence-electron chi connectivity index (χ2n) is 9.11. The van der Waals surface area contributed by atoms with Crippen molar-refractivity contribution in [1.29, 1.82) is 0 Å². The van der Waals surface area contributed by atoms with Crippen LogP contribution in [0.2, 0.25) is 0 Å². The molecule has 10 nitrogen and oxygen atoms in total. The molecule has 182 valence electrons. The van der Waals surface area contributed by atoms with Gasteiger partial charge in [0.25, 0.3) is 0 Å². The van der Waals surface area contributed by atoms with Gasteiger partial charge in [-0.3, -0.25) is 9.89 Å². The van der Waals surface area contributed by atoms with Crippen molar-refractivity contribution in [2.45, 2.75) is 25.4 Å². The smallest absolute Gasteiger partial charge is 0.315 e. The third-order valence-corrected chi connectivity index (χ3v) is 6.93. The second-order valence-corrected chi connectivity index (χ2v) is 9.11. The predicted octanol–water partition coefficient (Wildman–Crippen LogP) is 2.82. The van der Waals surface area contributed by atoms with Gasteiger partial charge in [0.2, 0.25) is 5.91 Å². The minimum atomic E-state index is -0.334. The number of para-hydroxylation sites is 1. The molecule has 2 aliphatic rings. The van der Waals surface area contributed by atoms with E-state index in [4.69, 9.17) is 0 Å². The molecule has 1 atom stereocenters. The summed E-state index contributed by atoms with van der Waals surface area (Å²) in [5.41, 5.74) is 5.35. The van der Waals surface area contributed by atoms with Gasteiger partial charge in [0.05, 0.1) is 18.1 Å². The van der Waals surface area contributed by atoms with E-state index in [1.54, 1.807) is 17.4 Å². The first-order valence-electron chi connectivity index (χ1n) is 12.0. The fourth-order valence-electron chi connectivity index (χ4n) is 5.11. The van der Waals surface area contributed by atoms with Crippen molar-refractivity contribution >= 4 is 34.5 Å². The van der Waals surface area contributed by atoms with Crippen LogP contribution < -0.4 is 15.5 Å². The summed E-state index contributed by atoms with van der Waals surface area (Å²) in [5.74, 6) is 0.956. The zero-order valence-corrected chi connectivity index (χ0v) is 19.6. The lowest BCUT2D eigenvalue weighted by Crippen LogP contribution is -2.42. The first-order chi connectivity index (χ1) is 17.7. The molecule has 0 spiro atoms. The molecule has 0 aliphatic carbocycles. The number of benzene rings is 2. The van der Waals surface area contributed by atoms with Crippen LogP contribution in [-0.2, 0) is 17.9 Å². The van der Waals surface area contributed by atoms with Gasteiger partial charge >= 0.3 is 6.03 Å². The van der Waals surface area contributed by atoms with Gasteiger partial charge in [-0.1, -0.05) is 42.5 Å². The molecule has 0 bridgehead atoms. The summed E-state index contributed by atoms with van der Waals surface area (Å²) >= 11 is 0. The van der Waals surface area contributed by atoms with Crippen LogP contribution in [0, 0.1) is 0 Å². The summed E-state index contributed by atoms with van der Waals surface area (Å²) < 4.78 is 0. The molecule has 4 heterocycles. The first kappa shape index (κ1) is 22.0. The highest BCUT2D eigenvalue weighted by Gasteiger charge is 2.31. The number of hydrogen-bond acceptors (Lipinski definition) is 6. The molecular formula is C26H26N8O2. The van der Waals surface area contributed by atoms with Gasteiger partial charge in [0.15, 0.2) is 5.65 Å². The maximum absolute atomic E-state index is 12.5. The van der Waals surface area contributed by atoms with E-state index in [0.29, 0.717) is 25.3 Å². The molecule has 4 aromatic rings. The number of carbonyl (C=O) groups excluding carboxylic acids is 2. The predicted molar refractivity (Wildman–Crippen MR) is 135 cm³/mol. The molecule has 3 amide bonds. The zero-order valence-electron chi connectivity index (χ0n) is 19.6. The molecule has 0 saturated heterocycles. The van der Waals surface area contributed by atoms with Crippen LogP contribution in [0.5, 0.6) is 0 Å². The topological polar surface area (TPSA) is 119 Å². The van der Waals surface area contributed by atoms with Crippen LogP contribution in [0.15, 0.2) is 61.1 Å². The van der Waals surface area contributed by atoms with Crippen molar-refractivity contribution in [2.24, 2.45) is 0 Å². The summed E-state index contributed by atoms with van der Waals surface area (Å²) in [4.78, 5) is 37.6. The Kier molecular flexibility index (Phi) is 5.68. The van der Waals surface area contributed by atoms with Gasteiger partial charge < -0.3 is 20.4 Å². The average Bonchev–Trinajstić information content (AvgIpc) is 3.64. The van der Waals surface area contributed by atoms with Gasteiger partial charge in [0, 0.05) is 37.8 Å². The minimum Gasteiger partial charge on any atom is -0.338 e. The van der Waals surface area contributed by atoms with E-state index in [1.807, 2.05) is 36.4 Å². The number of aromatic nitrogens is 4. The average molecular weight is 483 g/mol. The highest BCUT2D eigenvalue weighted by Crippen LogP contribution is 2.42. The highest BCUT2D eigenvalue weighted by atomic mass is 16.2. The summed E-state index contributed by atoms with van der Waals surface area (Å²) in [6, 6.07) is 16.0. The molecule has 2 aromatic carbocycles. The molecule has 6 rings (SSSR count). The van der Waals surface area contributed by atoms with E-state index < -0.39 is 0 Å². The Hall–Kier alpha value is -4.47. The van der Waals surface area contributed by atoms with Crippen molar-refractivity contribution in [2.75, 3.05) is 24.5 Å². The van der Waals surface area contributed by atoms with E-state index >= 15 is 0 Å². The third kappa shape index (κ3) is 4.10. The van der Waals surface area contributed by atoms with E-state index in [9.17, 15) is 9.59 Å². The maximum Gasteiger partial charge on any atom is 0.315 e. The van der Waals surface area contributed by atoms with Crippen molar-refractivity contribution in [3.8, 4) is 0 Å². The van der Waals surface area contributed by atoms with Crippen LogP contribution in [0.1, 0.15) is 29.0 Å². The van der Waals surface area contributed by atoms with Crippen molar-refractivity contribution < 1.29 is 9.59 Å². The summed E-state index contributed by atoms with van der Waals surface area (Å²) in [6.45, 7) is 2.40. The summed E-state index contributed by atoms with van der Waals surface area (Å²) in [6.07, 6.45) is 4.05. The lowest BCUT2D eigenvalue weighted by atomic mass is 9.98. The number of anilines is 2.